The zero-order chi connectivity index (χ0) is 19.2. The van der Waals surface area contributed by atoms with Gasteiger partial charge in [0.15, 0.2) is 6.61 Å². The van der Waals surface area contributed by atoms with Crippen molar-refractivity contribution >= 4 is 11.9 Å². The van der Waals surface area contributed by atoms with E-state index in [2.05, 4.69) is 23.5 Å². The van der Waals surface area contributed by atoms with Gasteiger partial charge in [0, 0.05) is 0 Å². The largest absolute Gasteiger partial charge is 0.452 e. The van der Waals surface area contributed by atoms with Crippen LogP contribution in [-0.2, 0) is 22.4 Å². The van der Waals surface area contributed by atoms with Crippen molar-refractivity contribution in [2.45, 2.75) is 38.6 Å². The molecule has 1 aliphatic carbocycles. The third-order valence-corrected chi connectivity index (χ3v) is 4.81. The number of carbonyl (C=O) groups excluding carboxylic acids is 2. The SMILES string of the molecule is C[C@@H](NC(=O)COC(=O)c1cccc(C#N)c1)c1ccc2c(c1)CCCC2. The maximum absolute atomic E-state index is 12.1. The van der Waals surface area contributed by atoms with E-state index in [1.807, 2.05) is 13.0 Å². The fourth-order valence-corrected chi connectivity index (χ4v) is 3.32. The van der Waals surface area contributed by atoms with Crippen molar-refractivity contribution in [3.05, 3.63) is 70.3 Å². The smallest absolute Gasteiger partial charge is 0.338 e. The van der Waals surface area contributed by atoms with Crippen LogP contribution < -0.4 is 5.32 Å². The number of ether oxygens (including phenoxy) is 1. The van der Waals surface area contributed by atoms with Gasteiger partial charge in [0.2, 0.25) is 0 Å². The molecule has 2 aromatic carbocycles. The number of nitriles is 1. The van der Waals surface area contributed by atoms with Crippen molar-refractivity contribution < 1.29 is 14.3 Å². The summed E-state index contributed by atoms with van der Waals surface area (Å²) in [4.78, 5) is 24.2. The van der Waals surface area contributed by atoms with Gasteiger partial charge in [-0.2, -0.15) is 5.26 Å². The molecule has 0 aliphatic heterocycles. The summed E-state index contributed by atoms with van der Waals surface area (Å²) in [6, 6.07) is 14.4. The van der Waals surface area contributed by atoms with E-state index in [9.17, 15) is 9.59 Å². The maximum Gasteiger partial charge on any atom is 0.338 e. The first kappa shape index (κ1) is 18.7. The lowest BCUT2D eigenvalue weighted by Gasteiger charge is -2.20. The van der Waals surface area contributed by atoms with E-state index >= 15 is 0 Å². The topological polar surface area (TPSA) is 79.2 Å². The molecule has 1 N–H and O–H groups in total. The molecule has 2 aromatic rings. The van der Waals surface area contributed by atoms with Crippen LogP contribution in [0.3, 0.4) is 0 Å². The zero-order valence-corrected chi connectivity index (χ0v) is 15.3. The number of hydrogen-bond donors (Lipinski definition) is 1. The maximum atomic E-state index is 12.1. The lowest BCUT2D eigenvalue weighted by atomic mass is 9.89. The molecule has 1 amide bonds. The summed E-state index contributed by atoms with van der Waals surface area (Å²) < 4.78 is 5.06. The van der Waals surface area contributed by atoms with Crippen molar-refractivity contribution in [1.29, 1.82) is 5.26 Å². The van der Waals surface area contributed by atoms with E-state index < -0.39 is 5.97 Å². The summed E-state index contributed by atoms with van der Waals surface area (Å²) in [7, 11) is 0. The Hall–Kier alpha value is -3.13. The van der Waals surface area contributed by atoms with Crippen molar-refractivity contribution in [3.63, 3.8) is 0 Å². The third kappa shape index (κ3) is 4.73. The molecule has 0 radical (unpaired) electrons. The van der Waals surface area contributed by atoms with Crippen LogP contribution >= 0.6 is 0 Å². The lowest BCUT2D eigenvalue weighted by molar-refractivity contribution is -0.124. The number of rotatable bonds is 5. The van der Waals surface area contributed by atoms with Gasteiger partial charge in [0.25, 0.3) is 5.91 Å². The minimum absolute atomic E-state index is 0.162. The number of fused-ring (bicyclic) bond motifs is 1. The molecule has 0 heterocycles. The highest BCUT2D eigenvalue weighted by atomic mass is 16.5. The van der Waals surface area contributed by atoms with E-state index in [4.69, 9.17) is 10.00 Å². The molecule has 5 heteroatoms. The van der Waals surface area contributed by atoms with E-state index in [-0.39, 0.29) is 24.1 Å². The normalized spacial score (nSPS) is 13.8. The quantitative estimate of drug-likeness (QED) is 0.826. The van der Waals surface area contributed by atoms with Crippen LogP contribution in [0.1, 0.15) is 58.4 Å². The fraction of sp³-hybridized carbons (Fsp3) is 0.318. The minimum atomic E-state index is -0.622. The zero-order valence-electron chi connectivity index (χ0n) is 15.3. The molecule has 0 spiro atoms. The highest BCUT2D eigenvalue weighted by molar-refractivity contribution is 5.91. The summed E-state index contributed by atoms with van der Waals surface area (Å²) >= 11 is 0. The highest BCUT2D eigenvalue weighted by Gasteiger charge is 2.16. The van der Waals surface area contributed by atoms with E-state index in [0.717, 1.165) is 18.4 Å². The molecule has 1 atom stereocenters. The lowest BCUT2D eigenvalue weighted by Crippen LogP contribution is -2.31. The van der Waals surface area contributed by atoms with Gasteiger partial charge < -0.3 is 10.1 Å². The molecular formula is C22H22N2O3. The third-order valence-electron chi connectivity index (χ3n) is 4.81. The standard InChI is InChI=1S/C22H22N2O3/c1-15(18-10-9-17-6-2-3-7-19(17)12-18)24-21(25)14-27-22(26)20-8-4-5-16(11-20)13-23/h4-5,8-12,15H,2-3,6-7,14H2,1H3,(H,24,25)/t15-/m1/s1. The number of carbonyl (C=O) groups is 2. The van der Waals surface area contributed by atoms with Gasteiger partial charge in [-0.15, -0.1) is 0 Å². The van der Waals surface area contributed by atoms with Crippen LogP contribution in [0.4, 0.5) is 0 Å². The predicted octanol–water partition coefficient (Wildman–Crippen LogP) is 3.47. The minimum Gasteiger partial charge on any atom is -0.452 e. The number of esters is 1. The van der Waals surface area contributed by atoms with E-state index in [1.54, 1.807) is 18.2 Å². The number of benzene rings is 2. The molecule has 3 rings (SSSR count). The fourth-order valence-electron chi connectivity index (χ4n) is 3.32. The summed E-state index contributed by atoms with van der Waals surface area (Å²) in [6.45, 7) is 1.56. The Labute approximate surface area is 159 Å². The molecule has 138 valence electrons. The Morgan fingerprint density at radius 3 is 2.70 bits per heavy atom. The molecule has 27 heavy (non-hydrogen) atoms. The van der Waals surface area contributed by atoms with E-state index in [0.29, 0.717) is 5.56 Å². The van der Waals surface area contributed by atoms with Crippen molar-refractivity contribution in [2.24, 2.45) is 0 Å². The molecule has 1 aliphatic rings. The first-order chi connectivity index (χ1) is 13.1. The van der Waals surface area contributed by atoms with Crippen molar-refractivity contribution in [2.75, 3.05) is 6.61 Å². The average Bonchev–Trinajstić information content (AvgIpc) is 2.71. The highest BCUT2D eigenvalue weighted by Crippen LogP contribution is 2.24. The summed E-state index contributed by atoms with van der Waals surface area (Å²) in [5.41, 5.74) is 4.44. The van der Waals surface area contributed by atoms with Crippen LogP contribution in [0, 0.1) is 11.3 Å². The Kier molecular flexibility index (Phi) is 5.87. The van der Waals surface area contributed by atoms with Crippen LogP contribution in [0.15, 0.2) is 42.5 Å². The second-order valence-corrected chi connectivity index (χ2v) is 6.79. The second kappa shape index (κ2) is 8.50. The number of amides is 1. The van der Waals surface area contributed by atoms with Gasteiger partial charge in [-0.25, -0.2) is 4.79 Å². The van der Waals surface area contributed by atoms with Crippen molar-refractivity contribution in [3.8, 4) is 6.07 Å². The molecular weight excluding hydrogens is 340 g/mol. The monoisotopic (exact) mass is 362 g/mol. The summed E-state index contributed by atoms with van der Waals surface area (Å²) in [6.07, 6.45) is 4.66. The van der Waals surface area contributed by atoms with Crippen LogP contribution in [-0.4, -0.2) is 18.5 Å². The van der Waals surface area contributed by atoms with Gasteiger partial charge in [-0.05, 0) is 67.5 Å². The summed E-state index contributed by atoms with van der Waals surface area (Å²) in [5.74, 6) is -0.978. The Balaban J connectivity index is 1.54. The Morgan fingerprint density at radius 2 is 1.93 bits per heavy atom. The van der Waals surface area contributed by atoms with Gasteiger partial charge in [-0.3, -0.25) is 4.79 Å². The predicted molar refractivity (Wildman–Crippen MR) is 101 cm³/mol. The molecule has 0 unspecified atom stereocenters. The number of hydrogen-bond acceptors (Lipinski definition) is 4. The van der Waals surface area contributed by atoms with Gasteiger partial charge in [0.1, 0.15) is 0 Å². The first-order valence-electron chi connectivity index (χ1n) is 9.15. The van der Waals surface area contributed by atoms with Crippen LogP contribution in [0.25, 0.3) is 0 Å². The summed E-state index contributed by atoms with van der Waals surface area (Å²) in [5, 5.41) is 11.7. The van der Waals surface area contributed by atoms with Crippen LogP contribution in [0.5, 0.6) is 0 Å². The molecule has 5 nitrogen and oxygen atoms in total. The van der Waals surface area contributed by atoms with Crippen molar-refractivity contribution in [1.82, 2.24) is 5.32 Å². The second-order valence-electron chi connectivity index (χ2n) is 6.79. The number of nitrogens with zero attached hydrogens (tertiary/aromatic N) is 1. The first-order valence-corrected chi connectivity index (χ1v) is 9.15. The molecule has 0 fully saturated rings. The number of nitrogens with one attached hydrogen (secondary N) is 1. The van der Waals surface area contributed by atoms with Crippen LogP contribution in [0.2, 0.25) is 0 Å². The number of aryl methyl sites for hydroxylation is 2. The molecule has 0 saturated carbocycles. The Morgan fingerprint density at radius 1 is 1.15 bits per heavy atom. The molecule has 0 saturated heterocycles. The van der Waals surface area contributed by atoms with Gasteiger partial charge in [-0.1, -0.05) is 24.3 Å². The molecule has 0 aromatic heterocycles. The van der Waals surface area contributed by atoms with Gasteiger partial charge >= 0.3 is 5.97 Å². The average molecular weight is 362 g/mol. The molecule has 0 bridgehead atoms. The van der Waals surface area contributed by atoms with E-state index in [1.165, 1.54) is 30.0 Å². The van der Waals surface area contributed by atoms with Gasteiger partial charge in [0.05, 0.1) is 23.2 Å². The Bertz CT molecular complexity index is 899.